The van der Waals surface area contributed by atoms with Gasteiger partial charge in [-0.2, -0.15) is 0 Å². The molecule has 3 aromatic heterocycles. The zero-order valence-electron chi connectivity index (χ0n) is 24.5. The van der Waals surface area contributed by atoms with E-state index >= 15 is 0 Å². The van der Waals surface area contributed by atoms with Gasteiger partial charge in [0.05, 0.1) is 11.0 Å². The minimum atomic E-state index is 0.836. The van der Waals surface area contributed by atoms with Gasteiger partial charge in [-0.3, -0.25) is 0 Å². The molecule has 10 rings (SSSR count). The molecule has 0 N–H and O–H groups in total. The van der Waals surface area contributed by atoms with Gasteiger partial charge < -0.3 is 13.4 Å². The predicted octanol–water partition coefficient (Wildman–Crippen LogP) is 11.4. The van der Waals surface area contributed by atoms with Crippen LogP contribution in [-0.2, 0) is 12.8 Å². The average Bonchev–Trinajstić information content (AvgIpc) is 3.77. The highest BCUT2D eigenvalue weighted by Crippen LogP contribution is 2.47. The first-order valence-corrected chi connectivity index (χ1v) is 15.6. The maximum absolute atomic E-state index is 6.51. The van der Waals surface area contributed by atoms with Crippen LogP contribution >= 0.6 is 0 Å². The zero-order valence-corrected chi connectivity index (χ0v) is 24.5. The highest BCUT2D eigenvalue weighted by Gasteiger charge is 2.28. The number of para-hydroxylation sites is 2. The van der Waals surface area contributed by atoms with Crippen LogP contribution < -0.4 is 0 Å². The maximum Gasteiger partial charge on any atom is 0.134 e. The lowest BCUT2D eigenvalue weighted by Crippen LogP contribution is -1.99. The van der Waals surface area contributed by atoms with E-state index in [1.165, 1.54) is 60.9 Å². The number of aryl methyl sites for hydroxylation is 2. The molecule has 0 amide bonds. The molecule has 212 valence electrons. The van der Waals surface area contributed by atoms with Crippen molar-refractivity contribution in [3.8, 4) is 39.1 Å². The van der Waals surface area contributed by atoms with Gasteiger partial charge in [-0.05, 0) is 76.9 Å². The van der Waals surface area contributed by atoms with Crippen LogP contribution in [0.3, 0.4) is 0 Å². The van der Waals surface area contributed by atoms with Crippen LogP contribution in [0.5, 0.6) is 0 Å². The summed E-state index contributed by atoms with van der Waals surface area (Å²) in [6, 6.07) is 49.9. The van der Waals surface area contributed by atoms with E-state index in [0.29, 0.717) is 0 Å². The summed E-state index contributed by atoms with van der Waals surface area (Å²) in [7, 11) is 0. The van der Waals surface area contributed by atoms with Gasteiger partial charge in [-0.15, -0.1) is 0 Å². The number of rotatable bonds is 3. The molecule has 3 nitrogen and oxygen atoms in total. The van der Waals surface area contributed by atoms with Gasteiger partial charge in [0.15, 0.2) is 0 Å². The van der Waals surface area contributed by atoms with Gasteiger partial charge >= 0.3 is 0 Å². The summed E-state index contributed by atoms with van der Waals surface area (Å²) in [6.07, 6.45) is 1.68. The van der Waals surface area contributed by atoms with E-state index in [0.717, 1.165) is 46.3 Å². The molecule has 0 radical (unpaired) electrons. The van der Waals surface area contributed by atoms with Crippen molar-refractivity contribution >= 4 is 43.7 Å². The molecule has 0 atom stereocenters. The molecule has 0 fully saturated rings. The van der Waals surface area contributed by atoms with Crippen molar-refractivity contribution in [2.24, 2.45) is 0 Å². The summed E-state index contributed by atoms with van der Waals surface area (Å²) in [4.78, 5) is 0. The molecule has 0 saturated carbocycles. The fraction of sp³-hybridized carbons (Fsp3) is 0.0476. The number of aromatic nitrogens is 1. The minimum absolute atomic E-state index is 0.836. The fourth-order valence-electron chi connectivity index (χ4n) is 7.42. The summed E-state index contributed by atoms with van der Waals surface area (Å²) in [5, 5.41) is 4.79. The Hall–Kier alpha value is -5.80. The summed E-state index contributed by atoms with van der Waals surface area (Å²) in [6.45, 7) is 0. The second-order valence-corrected chi connectivity index (χ2v) is 12.0. The van der Waals surface area contributed by atoms with Gasteiger partial charge in [0.25, 0.3) is 0 Å². The summed E-state index contributed by atoms with van der Waals surface area (Å²) in [5.41, 5.74) is 12.6. The molecule has 0 bridgehead atoms. The molecular weight excluding hydrogens is 550 g/mol. The first-order valence-electron chi connectivity index (χ1n) is 15.6. The fourth-order valence-corrected chi connectivity index (χ4v) is 7.42. The highest BCUT2D eigenvalue weighted by atomic mass is 16.3. The van der Waals surface area contributed by atoms with Crippen LogP contribution in [0, 0.1) is 0 Å². The van der Waals surface area contributed by atoms with Gasteiger partial charge in [0.2, 0.25) is 0 Å². The van der Waals surface area contributed by atoms with Crippen LogP contribution in [-0.4, -0.2) is 4.57 Å². The van der Waals surface area contributed by atoms with E-state index < -0.39 is 0 Å². The topological polar surface area (TPSA) is 31.2 Å². The number of hydrogen-bond acceptors (Lipinski definition) is 2. The number of benzene rings is 6. The van der Waals surface area contributed by atoms with E-state index in [-0.39, 0.29) is 0 Å². The summed E-state index contributed by atoms with van der Waals surface area (Å²) < 4.78 is 15.3. The summed E-state index contributed by atoms with van der Waals surface area (Å²) >= 11 is 0. The number of nitrogens with zero attached hydrogens (tertiary/aromatic N) is 1. The standard InChI is InChI=1S/C42H27NO2/c1-3-9-26(10-4-1)27-16-19-37-33(24-27)41-39(44-37)21-22-40-42(41)34-25-29(17-20-38(34)45-40)28-15-18-36-32(23-28)31-13-7-8-14-35(31)43(36)30-11-5-2-6-12-30/h1-20,23-25H,21-22H2. The Morgan fingerprint density at radius 1 is 0.400 bits per heavy atom. The maximum atomic E-state index is 6.51. The van der Waals surface area contributed by atoms with Crippen molar-refractivity contribution in [2.45, 2.75) is 12.8 Å². The van der Waals surface area contributed by atoms with Gasteiger partial charge in [0.1, 0.15) is 22.7 Å². The van der Waals surface area contributed by atoms with Crippen molar-refractivity contribution in [1.29, 1.82) is 0 Å². The first kappa shape index (κ1) is 24.6. The molecule has 3 heteroatoms. The molecule has 0 spiro atoms. The molecule has 0 saturated heterocycles. The largest absolute Gasteiger partial charge is 0.460 e. The van der Waals surface area contributed by atoms with Crippen LogP contribution in [0.1, 0.15) is 11.5 Å². The van der Waals surface area contributed by atoms with Crippen molar-refractivity contribution in [3.63, 3.8) is 0 Å². The Kier molecular flexibility index (Phi) is 5.11. The van der Waals surface area contributed by atoms with Gasteiger partial charge in [-0.25, -0.2) is 0 Å². The van der Waals surface area contributed by atoms with Gasteiger partial charge in [0, 0.05) is 51.2 Å². The third-order valence-electron chi connectivity index (χ3n) is 9.48. The Bertz CT molecular complexity index is 2580. The second kappa shape index (κ2) is 9.35. The third kappa shape index (κ3) is 3.64. The van der Waals surface area contributed by atoms with Crippen molar-refractivity contribution < 1.29 is 8.83 Å². The molecule has 0 unspecified atom stereocenters. The Morgan fingerprint density at radius 3 is 1.58 bits per heavy atom. The lowest BCUT2D eigenvalue weighted by Gasteiger charge is -2.11. The normalized spacial score (nSPS) is 12.7. The van der Waals surface area contributed by atoms with Crippen LogP contribution in [0.2, 0.25) is 0 Å². The molecular formula is C42H27NO2. The first-order chi connectivity index (χ1) is 22.3. The average molecular weight is 578 g/mol. The van der Waals surface area contributed by atoms with E-state index in [9.17, 15) is 0 Å². The van der Waals surface area contributed by atoms with Crippen LogP contribution in [0.25, 0.3) is 82.8 Å². The van der Waals surface area contributed by atoms with Gasteiger partial charge in [-0.1, -0.05) is 84.9 Å². The lowest BCUT2D eigenvalue weighted by atomic mass is 9.90. The second-order valence-electron chi connectivity index (χ2n) is 12.0. The molecule has 9 aromatic rings. The Morgan fingerprint density at radius 2 is 0.911 bits per heavy atom. The van der Waals surface area contributed by atoms with Crippen molar-refractivity contribution in [1.82, 2.24) is 4.57 Å². The molecule has 1 aliphatic rings. The third-order valence-corrected chi connectivity index (χ3v) is 9.48. The van der Waals surface area contributed by atoms with E-state index in [4.69, 9.17) is 8.83 Å². The zero-order chi connectivity index (χ0) is 29.5. The minimum Gasteiger partial charge on any atom is -0.460 e. The molecule has 0 aliphatic heterocycles. The van der Waals surface area contributed by atoms with E-state index in [1.54, 1.807) is 0 Å². The molecule has 45 heavy (non-hydrogen) atoms. The molecule has 3 heterocycles. The number of furan rings is 2. The number of hydrogen-bond donors (Lipinski definition) is 0. The lowest BCUT2D eigenvalue weighted by molar-refractivity contribution is 0.504. The van der Waals surface area contributed by atoms with E-state index in [1.807, 2.05) is 0 Å². The monoisotopic (exact) mass is 577 g/mol. The van der Waals surface area contributed by atoms with E-state index in [2.05, 4.69) is 144 Å². The van der Waals surface area contributed by atoms with Crippen LogP contribution in [0.4, 0.5) is 0 Å². The van der Waals surface area contributed by atoms with Crippen molar-refractivity contribution in [2.75, 3.05) is 0 Å². The van der Waals surface area contributed by atoms with Crippen molar-refractivity contribution in [3.05, 3.63) is 151 Å². The Balaban J connectivity index is 1.16. The molecule has 1 aliphatic carbocycles. The SMILES string of the molecule is c1ccc(-c2ccc3oc4c(c3c2)-c2c(oc3ccc(-c5ccc6c(c5)c5ccccc5n6-c5ccccc5)cc23)CC4)cc1. The summed E-state index contributed by atoms with van der Waals surface area (Å²) in [5.74, 6) is 2.09. The predicted molar refractivity (Wildman–Crippen MR) is 184 cm³/mol. The Labute approximate surface area is 259 Å². The smallest absolute Gasteiger partial charge is 0.134 e. The van der Waals surface area contributed by atoms with Crippen LogP contribution in [0.15, 0.2) is 148 Å². The molecule has 6 aromatic carbocycles. The number of fused-ring (bicyclic) bond motifs is 10. The highest BCUT2D eigenvalue weighted by molar-refractivity contribution is 6.11. The quantitative estimate of drug-likeness (QED) is 0.209.